The van der Waals surface area contributed by atoms with Crippen LogP contribution in [0.15, 0.2) is 16.7 Å². The summed E-state index contributed by atoms with van der Waals surface area (Å²) in [6.07, 6.45) is 2.14. The normalized spacial score (nSPS) is 23.9. The Labute approximate surface area is 100 Å². The molecule has 0 amide bonds. The van der Waals surface area contributed by atoms with Crippen LogP contribution in [0.25, 0.3) is 0 Å². The Morgan fingerprint density at radius 1 is 1.24 bits per heavy atom. The highest BCUT2D eigenvalue weighted by atomic mass is 19.3. The highest BCUT2D eigenvalue weighted by molar-refractivity contribution is 6.60. The molecule has 17 heavy (non-hydrogen) atoms. The molecule has 0 aromatic rings. The van der Waals surface area contributed by atoms with Gasteiger partial charge in [0.1, 0.15) is 0 Å². The number of aliphatic imine (C=N–C) groups is 1. The maximum atomic E-state index is 12.0. The zero-order chi connectivity index (χ0) is 13.3. The van der Waals surface area contributed by atoms with Crippen molar-refractivity contribution < 1.29 is 18.1 Å². The van der Waals surface area contributed by atoms with Crippen LogP contribution in [-0.2, 0) is 9.31 Å². The van der Waals surface area contributed by atoms with Crippen molar-refractivity contribution in [3.8, 4) is 0 Å². The second-order valence-electron chi connectivity index (χ2n) is 4.81. The largest absolute Gasteiger partial charge is 0.497 e. The summed E-state index contributed by atoms with van der Waals surface area (Å²) in [6, 6.07) is 0. The van der Waals surface area contributed by atoms with Gasteiger partial charge in [0.15, 0.2) is 0 Å². The van der Waals surface area contributed by atoms with E-state index in [0.717, 1.165) is 12.4 Å². The molecular weight excluding hydrogens is 229 g/mol. The smallest absolute Gasteiger partial charge is 0.405 e. The zero-order valence-corrected chi connectivity index (χ0v) is 10.4. The molecule has 96 valence electrons. The third kappa shape index (κ3) is 3.04. The van der Waals surface area contributed by atoms with Crippen LogP contribution in [0, 0.1) is 0 Å². The summed E-state index contributed by atoms with van der Waals surface area (Å²) in [5.41, 5.74) is 4.57. The molecule has 0 bridgehead atoms. The van der Waals surface area contributed by atoms with Crippen molar-refractivity contribution in [2.45, 2.75) is 45.4 Å². The third-order valence-electron chi connectivity index (χ3n) is 3.05. The number of hydrogen-bond donors (Lipinski definition) is 1. The molecule has 0 aliphatic carbocycles. The summed E-state index contributed by atoms with van der Waals surface area (Å²) < 4.78 is 35.2. The van der Waals surface area contributed by atoms with Crippen molar-refractivity contribution in [2.24, 2.45) is 10.7 Å². The van der Waals surface area contributed by atoms with Gasteiger partial charge < -0.3 is 15.0 Å². The number of halogens is 2. The Balaban J connectivity index is 2.82. The minimum atomic E-state index is -2.77. The SMILES string of the molecule is CC1(C)OB(C(=C/N)/C=N/C(F)F)OC1(C)C. The minimum absolute atomic E-state index is 0.281. The average Bonchev–Trinajstić information content (AvgIpc) is 2.36. The summed E-state index contributed by atoms with van der Waals surface area (Å²) in [7, 11) is -0.771. The fraction of sp³-hybridized carbons (Fsp3) is 0.700. The predicted octanol–water partition coefficient (Wildman–Crippen LogP) is 1.75. The van der Waals surface area contributed by atoms with Crippen LogP contribution in [0.5, 0.6) is 0 Å². The van der Waals surface area contributed by atoms with E-state index >= 15 is 0 Å². The highest BCUT2D eigenvalue weighted by Crippen LogP contribution is 2.38. The van der Waals surface area contributed by atoms with Gasteiger partial charge in [-0.05, 0) is 33.9 Å². The van der Waals surface area contributed by atoms with E-state index in [4.69, 9.17) is 15.0 Å². The molecule has 1 fully saturated rings. The van der Waals surface area contributed by atoms with Gasteiger partial charge >= 0.3 is 13.7 Å². The average molecular weight is 246 g/mol. The van der Waals surface area contributed by atoms with E-state index in [0.29, 0.717) is 0 Å². The van der Waals surface area contributed by atoms with Crippen molar-refractivity contribution in [1.29, 1.82) is 0 Å². The summed E-state index contributed by atoms with van der Waals surface area (Å²) in [4.78, 5) is 2.97. The third-order valence-corrected chi connectivity index (χ3v) is 3.05. The Hall–Kier alpha value is -0.945. The maximum Gasteiger partial charge on any atom is 0.497 e. The lowest BCUT2D eigenvalue weighted by atomic mass is 9.79. The first kappa shape index (κ1) is 14.1. The molecule has 1 aliphatic rings. The van der Waals surface area contributed by atoms with Gasteiger partial charge in [0.2, 0.25) is 0 Å². The van der Waals surface area contributed by atoms with Crippen molar-refractivity contribution in [3.05, 3.63) is 11.7 Å². The van der Waals surface area contributed by atoms with E-state index in [9.17, 15) is 8.78 Å². The second kappa shape index (κ2) is 4.74. The molecule has 0 spiro atoms. The number of hydrogen-bond acceptors (Lipinski definition) is 4. The Kier molecular flexibility index (Phi) is 3.93. The minimum Gasteiger partial charge on any atom is -0.405 e. The van der Waals surface area contributed by atoms with Gasteiger partial charge in [-0.2, -0.15) is 8.78 Å². The van der Waals surface area contributed by atoms with Crippen LogP contribution >= 0.6 is 0 Å². The second-order valence-corrected chi connectivity index (χ2v) is 4.81. The summed E-state index contributed by atoms with van der Waals surface area (Å²) in [5, 5.41) is 0. The van der Waals surface area contributed by atoms with Gasteiger partial charge in [0.05, 0.1) is 11.2 Å². The first-order valence-electron chi connectivity index (χ1n) is 5.28. The predicted molar refractivity (Wildman–Crippen MR) is 62.8 cm³/mol. The van der Waals surface area contributed by atoms with E-state index in [2.05, 4.69) is 4.99 Å². The van der Waals surface area contributed by atoms with E-state index in [1.54, 1.807) is 0 Å². The van der Waals surface area contributed by atoms with Crippen molar-refractivity contribution in [3.63, 3.8) is 0 Å². The van der Waals surface area contributed by atoms with Gasteiger partial charge in [-0.25, -0.2) is 4.99 Å². The molecule has 4 nitrogen and oxygen atoms in total. The quantitative estimate of drug-likeness (QED) is 0.469. The topological polar surface area (TPSA) is 56.8 Å². The molecule has 2 N–H and O–H groups in total. The van der Waals surface area contributed by atoms with Gasteiger partial charge in [-0.15, -0.1) is 0 Å². The van der Waals surface area contributed by atoms with Crippen LogP contribution in [0.4, 0.5) is 8.78 Å². The first-order chi connectivity index (χ1) is 7.69. The van der Waals surface area contributed by atoms with Crippen LogP contribution in [0.1, 0.15) is 27.7 Å². The Bertz CT molecular complexity index is 327. The van der Waals surface area contributed by atoms with Crippen molar-refractivity contribution in [1.82, 2.24) is 0 Å². The lowest BCUT2D eigenvalue weighted by molar-refractivity contribution is 0.00578. The molecule has 0 unspecified atom stereocenters. The molecule has 0 saturated carbocycles. The number of nitrogens with two attached hydrogens (primary N) is 1. The lowest BCUT2D eigenvalue weighted by Gasteiger charge is -2.32. The van der Waals surface area contributed by atoms with Gasteiger partial charge in [0.25, 0.3) is 0 Å². The van der Waals surface area contributed by atoms with Crippen molar-refractivity contribution >= 4 is 13.3 Å². The molecule has 1 heterocycles. The molecule has 7 heteroatoms. The highest BCUT2D eigenvalue weighted by Gasteiger charge is 2.52. The monoisotopic (exact) mass is 246 g/mol. The Morgan fingerprint density at radius 2 is 1.71 bits per heavy atom. The fourth-order valence-corrected chi connectivity index (χ4v) is 1.30. The molecule has 1 rings (SSSR count). The van der Waals surface area contributed by atoms with E-state index < -0.39 is 24.9 Å². The van der Waals surface area contributed by atoms with Gasteiger partial charge in [-0.3, -0.25) is 0 Å². The summed E-state index contributed by atoms with van der Waals surface area (Å²) in [5.74, 6) is 0. The number of nitrogens with zero attached hydrogens (tertiary/aromatic N) is 1. The number of allylic oxidation sites excluding steroid dienone is 1. The van der Waals surface area contributed by atoms with E-state index in [1.165, 1.54) is 0 Å². The van der Waals surface area contributed by atoms with Crippen LogP contribution < -0.4 is 5.73 Å². The van der Waals surface area contributed by atoms with E-state index in [-0.39, 0.29) is 5.47 Å². The summed E-state index contributed by atoms with van der Waals surface area (Å²) in [6.45, 7) is 4.69. The molecule has 0 aromatic carbocycles. The van der Waals surface area contributed by atoms with Crippen molar-refractivity contribution in [2.75, 3.05) is 0 Å². The van der Waals surface area contributed by atoms with E-state index in [1.807, 2.05) is 27.7 Å². The van der Waals surface area contributed by atoms with Gasteiger partial charge in [0, 0.05) is 11.7 Å². The number of rotatable bonds is 3. The van der Waals surface area contributed by atoms with Crippen LogP contribution in [-0.4, -0.2) is 31.1 Å². The molecule has 1 aliphatic heterocycles. The fourth-order valence-electron chi connectivity index (χ4n) is 1.30. The maximum absolute atomic E-state index is 12.0. The summed E-state index contributed by atoms with van der Waals surface area (Å²) >= 11 is 0. The molecular formula is C10H17BF2N2O2. The first-order valence-corrected chi connectivity index (χ1v) is 5.28. The standard InChI is InChI=1S/C10H17BF2N2O2/c1-9(2)10(3,4)17-11(16-9)7(5-14)6-15-8(12)13/h5-6,8H,14H2,1-4H3/b7-5+,15-6+. The number of alkyl halides is 2. The molecule has 0 aromatic heterocycles. The van der Waals surface area contributed by atoms with Crippen LogP contribution in [0.2, 0.25) is 0 Å². The zero-order valence-electron chi connectivity index (χ0n) is 10.4. The molecule has 1 saturated heterocycles. The lowest BCUT2D eigenvalue weighted by Crippen LogP contribution is -2.41. The molecule has 0 radical (unpaired) electrons. The molecule has 0 atom stereocenters. The van der Waals surface area contributed by atoms with Gasteiger partial charge in [-0.1, -0.05) is 0 Å². The van der Waals surface area contributed by atoms with Crippen LogP contribution in [0.3, 0.4) is 0 Å². The Morgan fingerprint density at radius 3 is 2.06 bits per heavy atom.